The van der Waals surface area contributed by atoms with Crippen LogP contribution >= 0.6 is 0 Å². The van der Waals surface area contributed by atoms with Gasteiger partial charge in [-0.2, -0.15) is 0 Å². The largest absolute Gasteiger partial charge is 0.361 e. The first-order valence-corrected chi connectivity index (χ1v) is 3.00. The van der Waals surface area contributed by atoms with Gasteiger partial charge in [-0.1, -0.05) is 0 Å². The van der Waals surface area contributed by atoms with Crippen LogP contribution in [-0.2, 0) is 0 Å². The van der Waals surface area contributed by atoms with Crippen molar-refractivity contribution in [2.24, 2.45) is 0 Å². The summed E-state index contributed by atoms with van der Waals surface area (Å²) >= 11 is 0. The first-order valence-electron chi connectivity index (χ1n) is 3.50. The Kier molecular flexibility index (Phi) is 0.826. The van der Waals surface area contributed by atoms with Crippen molar-refractivity contribution in [3.63, 3.8) is 0 Å². The molecule has 0 aliphatic carbocycles. The van der Waals surface area contributed by atoms with Gasteiger partial charge in [0.1, 0.15) is 5.82 Å². The molecule has 1 N–H and O–H groups in total. The second kappa shape index (κ2) is 1.84. The van der Waals surface area contributed by atoms with Crippen molar-refractivity contribution in [2.75, 3.05) is 0 Å². The van der Waals surface area contributed by atoms with Crippen LogP contribution in [0.1, 0.15) is 1.37 Å². The molecule has 1 nitrogen and oxygen atoms in total. The average Bonchev–Trinajstić information content (AvgIpc) is 2.32. The summed E-state index contributed by atoms with van der Waals surface area (Å²) in [4.78, 5) is 2.80. The van der Waals surface area contributed by atoms with Crippen molar-refractivity contribution in [3.05, 3.63) is 36.3 Å². The van der Waals surface area contributed by atoms with Crippen molar-refractivity contribution in [1.29, 1.82) is 0 Å². The molecule has 2 rings (SSSR count). The van der Waals surface area contributed by atoms with Crippen molar-refractivity contribution >= 4 is 10.9 Å². The third-order valence-electron chi connectivity index (χ3n) is 1.44. The van der Waals surface area contributed by atoms with E-state index in [2.05, 4.69) is 4.98 Å². The molecule has 0 saturated carbocycles. The number of hydrogen-bond acceptors (Lipinski definition) is 0. The zero-order valence-electron chi connectivity index (χ0n) is 6.19. The van der Waals surface area contributed by atoms with Crippen LogP contribution in [0.2, 0.25) is 0 Å². The van der Waals surface area contributed by atoms with E-state index < -0.39 is 0 Å². The fourth-order valence-corrected chi connectivity index (χ4v) is 0.953. The van der Waals surface area contributed by atoms with E-state index in [4.69, 9.17) is 1.37 Å². The van der Waals surface area contributed by atoms with Gasteiger partial charge in [0.25, 0.3) is 0 Å². The van der Waals surface area contributed by atoms with Crippen LogP contribution in [-0.4, -0.2) is 4.98 Å². The van der Waals surface area contributed by atoms with E-state index in [0.717, 1.165) is 5.39 Å². The highest BCUT2D eigenvalue weighted by molar-refractivity contribution is 5.78. The number of halogens is 1. The first-order chi connectivity index (χ1) is 5.27. The van der Waals surface area contributed by atoms with Crippen LogP contribution in [0.4, 0.5) is 4.39 Å². The number of fused-ring (bicyclic) bond motifs is 1. The summed E-state index contributed by atoms with van der Waals surface area (Å²) in [7, 11) is 0. The second-order valence-corrected chi connectivity index (χ2v) is 2.12. The lowest BCUT2D eigenvalue weighted by molar-refractivity contribution is 0.629. The maximum absolute atomic E-state index is 12.6. The summed E-state index contributed by atoms with van der Waals surface area (Å²) in [5.74, 6) is -0.278. The molecule has 0 radical (unpaired) electrons. The van der Waals surface area contributed by atoms with Gasteiger partial charge in [0, 0.05) is 11.7 Å². The highest BCUT2D eigenvalue weighted by atomic mass is 19.1. The Labute approximate surface area is 58.9 Å². The molecule has 10 heavy (non-hydrogen) atoms. The van der Waals surface area contributed by atoms with Gasteiger partial charge in [-0.15, -0.1) is 0 Å². The SMILES string of the molecule is [2H]c1c[nH]c2cc(F)ccc12. The second-order valence-electron chi connectivity index (χ2n) is 2.12. The normalized spacial score (nSPS) is 11.9. The predicted molar refractivity (Wildman–Crippen MR) is 38.3 cm³/mol. The number of H-pyrrole nitrogens is 1. The maximum atomic E-state index is 12.6. The van der Waals surface area contributed by atoms with Crippen molar-refractivity contribution in [1.82, 2.24) is 4.98 Å². The third kappa shape index (κ3) is 0.692. The average molecular weight is 136 g/mol. The molecule has 50 valence electrons. The zero-order valence-corrected chi connectivity index (χ0v) is 5.19. The van der Waals surface area contributed by atoms with Gasteiger partial charge in [-0.05, 0) is 29.6 Å². The molecule has 0 atom stereocenters. The molecular formula is C8H6FN. The molecule has 2 heteroatoms. The Balaban J connectivity index is 2.86. The fraction of sp³-hybridized carbons (Fsp3) is 0. The maximum Gasteiger partial charge on any atom is 0.125 e. The van der Waals surface area contributed by atoms with Crippen LogP contribution < -0.4 is 0 Å². The van der Waals surface area contributed by atoms with Gasteiger partial charge >= 0.3 is 0 Å². The highest BCUT2D eigenvalue weighted by Gasteiger charge is 1.93. The smallest absolute Gasteiger partial charge is 0.125 e. The fourth-order valence-electron chi connectivity index (χ4n) is 0.953. The minimum absolute atomic E-state index is 0.278. The predicted octanol–water partition coefficient (Wildman–Crippen LogP) is 2.31. The Morgan fingerprint density at radius 1 is 1.50 bits per heavy atom. The number of aromatic amines is 1. The van der Waals surface area contributed by atoms with Crippen molar-refractivity contribution < 1.29 is 5.76 Å². The highest BCUT2D eigenvalue weighted by Crippen LogP contribution is 2.12. The van der Waals surface area contributed by atoms with Gasteiger partial charge in [-0.25, -0.2) is 4.39 Å². The lowest BCUT2D eigenvalue weighted by Crippen LogP contribution is -1.71. The van der Waals surface area contributed by atoms with E-state index in [1.807, 2.05) is 0 Å². The molecule has 0 bridgehead atoms. The molecule has 0 amide bonds. The van der Waals surface area contributed by atoms with Gasteiger partial charge < -0.3 is 4.98 Å². The molecule has 1 aromatic carbocycles. The third-order valence-corrected chi connectivity index (χ3v) is 1.44. The van der Waals surface area contributed by atoms with Crippen molar-refractivity contribution in [2.45, 2.75) is 0 Å². The summed E-state index contributed by atoms with van der Waals surface area (Å²) in [5, 5.41) is 0.756. The molecule has 0 spiro atoms. The van der Waals surface area contributed by atoms with E-state index in [0.29, 0.717) is 11.6 Å². The van der Waals surface area contributed by atoms with Crippen LogP contribution in [0.3, 0.4) is 0 Å². The van der Waals surface area contributed by atoms with Gasteiger partial charge in [0.05, 0.1) is 1.37 Å². The molecule has 0 aliphatic heterocycles. The van der Waals surface area contributed by atoms with Gasteiger partial charge in [0.15, 0.2) is 0 Å². The van der Waals surface area contributed by atoms with E-state index >= 15 is 0 Å². The van der Waals surface area contributed by atoms with Gasteiger partial charge in [-0.3, -0.25) is 0 Å². The quantitative estimate of drug-likeness (QED) is 0.572. The van der Waals surface area contributed by atoms with E-state index in [-0.39, 0.29) is 5.82 Å². The molecule has 1 heterocycles. The first kappa shape index (κ1) is 4.50. The number of benzene rings is 1. The van der Waals surface area contributed by atoms with E-state index in [9.17, 15) is 4.39 Å². The minimum atomic E-state index is -0.278. The minimum Gasteiger partial charge on any atom is -0.361 e. The summed E-state index contributed by atoms with van der Waals surface area (Å²) in [6.45, 7) is 0. The number of nitrogens with one attached hydrogen (secondary N) is 1. The monoisotopic (exact) mass is 136 g/mol. The molecule has 0 fully saturated rings. The Hall–Kier alpha value is -1.31. The Morgan fingerprint density at radius 2 is 2.40 bits per heavy atom. The molecule has 2 aromatic rings. The molecular weight excluding hydrogens is 129 g/mol. The Morgan fingerprint density at radius 3 is 3.30 bits per heavy atom. The number of aromatic nitrogens is 1. The molecule has 0 aliphatic rings. The van der Waals surface area contributed by atoms with Crippen molar-refractivity contribution in [3.8, 4) is 0 Å². The lowest BCUT2D eigenvalue weighted by Gasteiger charge is -1.87. The summed E-state index contributed by atoms with van der Waals surface area (Å²) in [5.41, 5.74) is 0.676. The van der Waals surface area contributed by atoms with E-state index in [1.54, 1.807) is 12.3 Å². The Bertz CT molecular complexity index is 394. The molecule has 1 aromatic heterocycles. The lowest BCUT2D eigenvalue weighted by atomic mass is 10.2. The summed E-state index contributed by atoms with van der Waals surface area (Å²) in [6, 6.07) is 4.74. The number of rotatable bonds is 0. The summed E-state index contributed by atoms with van der Waals surface area (Å²) in [6.07, 6.45) is 1.55. The van der Waals surface area contributed by atoms with Crippen LogP contribution in [0, 0.1) is 5.82 Å². The molecule has 0 unspecified atom stereocenters. The van der Waals surface area contributed by atoms with Crippen LogP contribution in [0.15, 0.2) is 30.4 Å². The van der Waals surface area contributed by atoms with Gasteiger partial charge in [0.2, 0.25) is 0 Å². The topological polar surface area (TPSA) is 15.8 Å². The molecule has 0 saturated heterocycles. The van der Waals surface area contributed by atoms with E-state index in [1.165, 1.54) is 12.1 Å². The summed E-state index contributed by atoms with van der Waals surface area (Å²) < 4.78 is 19.9. The zero-order chi connectivity index (χ0) is 7.84. The van der Waals surface area contributed by atoms with Crippen LogP contribution in [0.5, 0.6) is 0 Å². The number of hydrogen-bond donors (Lipinski definition) is 1. The van der Waals surface area contributed by atoms with Crippen LogP contribution in [0.25, 0.3) is 10.9 Å². The standard InChI is InChI=1S/C8H6FN/c9-7-2-1-6-3-4-10-8(6)5-7/h1-5,10H/i3D.